The number of carbonyl (C=O) groups excluding carboxylic acids is 1. The summed E-state index contributed by atoms with van der Waals surface area (Å²) in [7, 11) is -3.93. The van der Waals surface area contributed by atoms with Gasteiger partial charge in [-0.3, -0.25) is 4.79 Å². The average molecular weight is 416 g/mol. The van der Waals surface area contributed by atoms with Crippen molar-refractivity contribution in [2.75, 3.05) is 18.4 Å². The molecule has 0 radical (unpaired) electrons. The van der Waals surface area contributed by atoms with Gasteiger partial charge in [-0.05, 0) is 25.0 Å². The molecule has 1 aliphatic carbocycles. The van der Waals surface area contributed by atoms with E-state index >= 15 is 0 Å². The second kappa shape index (κ2) is 8.06. The van der Waals surface area contributed by atoms with Gasteiger partial charge in [-0.25, -0.2) is 21.6 Å². The number of amides is 1. The molecule has 0 spiro atoms. The molecule has 1 amide bonds. The molecule has 6 nitrogen and oxygen atoms in total. The van der Waals surface area contributed by atoms with Gasteiger partial charge < -0.3 is 10.4 Å². The smallest absolute Gasteiger partial charge is 0.255 e. The van der Waals surface area contributed by atoms with E-state index in [0.717, 1.165) is 16.4 Å². The summed E-state index contributed by atoms with van der Waals surface area (Å²) in [5.41, 5.74) is 0.0619. The zero-order valence-electron chi connectivity index (χ0n) is 14.7. The van der Waals surface area contributed by atoms with Crippen LogP contribution in [0.15, 0.2) is 42.0 Å². The Labute approximate surface area is 160 Å². The van der Waals surface area contributed by atoms with Crippen LogP contribution in [-0.2, 0) is 14.8 Å². The van der Waals surface area contributed by atoms with Crippen LogP contribution in [-0.4, -0.2) is 54.4 Å². The second-order valence-electron chi connectivity index (χ2n) is 6.66. The molecule has 1 saturated heterocycles. The number of aliphatic hydroxyl groups excluding tert-OH is 1. The SMILES string of the molecule is O=C(Nc1ccc(F)c(F)c1)C1=CC(S(=O)(=O)N2CCC(O)C(F)C2)CC=C1. The van der Waals surface area contributed by atoms with Crippen LogP contribution in [0.2, 0.25) is 0 Å². The third-order valence-corrected chi connectivity index (χ3v) is 6.83. The fourth-order valence-corrected chi connectivity index (χ4v) is 4.84. The maximum atomic E-state index is 13.7. The van der Waals surface area contributed by atoms with Crippen LogP contribution >= 0.6 is 0 Å². The van der Waals surface area contributed by atoms with Crippen molar-refractivity contribution in [1.29, 1.82) is 0 Å². The van der Waals surface area contributed by atoms with Crippen LogP contribution in [0, 0.1) is 11.6 Å². The van der Waals surface area contributed by atoms with Crippen molar-refractivity contribution in [2.24, 2.45) is 0 Å². The zero-order chi connectivity index (χ0) is 20.5. The largest absolute Gasteiger partial charge is 0.390 e. The highest BCUT2D eigenvalue weighted by Crippen LogP contribution is 2.25. The molecule has 28 heavy (non-hydrogen) atoms. The molecule has 3 rings (SSSR count). The van der Waals surface area contributed by atoms with Gasteiger partial charge in [-0.1, -0.05) is 18.2 Å². The summed E-state index contributed by atoms with van der Waals surface area (Å²) in [5, 5.41) is 10.8. The van der Waals surface area contributed by atoms with E-state index in [-0.39, 0.29) is 30.6 Å². The standard InChI is InChI=1S/C18H19F3N2O4S/c19-14-5-4-12(9-15(14)20)22-18(25)11-2-1-3-13(8-11)28(26,27)23-7-6-17(24)16(21)10-23/h1-2,4-5,8-9,13,16-17,24H,3,6-7,10H2,(H,22,25). The number of sulfonamides is 1. The number of alkyl halides is 1. The molecule has 0 aromatic heterocycles. The van der Waals surface area contributed by atoms with Crippen molar-refractivity contribution in [3.05, 3.63) is 53.6 Å². The summed E-state index contributed by atoms with van der Waals surface area (Å²) in [6.07, 6.45) is 1.44. The fraction of sp³-hybridized carbons (Fsp3) is 0.389. The number of benzene rings is 1. The molecular weight excluding hydrogens is 397 g/mol. The lowest BCUT2D eigenvalue weighted by Crippen LogP contribution is -2.49. The number of hydrogen-bond acceptors (Lipinski definition) is 4. The Bertz CT molecular complexity index is 933. The number of allylic oxidation sites excluding steroid dienone is 1. The highest BCUT2D eigenvalue weighted by molar-refractivity contribution is 7.89. The second-order valence-corrected chi connectivity index (χ2v) is 8.81. The Balaban J connectivity index is 1.75. The van der Waals surface area contributed by atoms with E-state index in [9.17, 15) is 31.5 Å². The summed E-state index contributed by atoms with van der Waals surface area (Å²) < 4.78 is 66.5. The summed E-state index contributed by atoms with van der Waals surface area (Å²) in [6.45, 7) is -0.442. The molecule has 2 N–H and O–H groups in total. The van der Waals surface area contributed by atoms with Gasteiger partial charge in [0.15, 0.2) is 11.6 Å². The van der Waals surface area contributed by atoms with Crippen LogP contribution in [0.5, 0.6) is 0 Å². The van der Waals surface area contributed by atoms with E-state index in [1.807, 2.05) is 0 Å². The molecule has 0 bridgehead atoms. The van der Waals surface area contributed by atoms with Crippen molar-refractivity contribution in [3.63, 3.8) is 0 Å². The minimum Gasteiger partial charge on any atom is -0.390 e. The van der Waals surface area contributed by atoms with Gasteiger partial charge in [0, 0.05) is 30.4 Å². The Morgan fingerprint density at radius 3 is 2.68 bits per heavy atom. The van der Waals surface area contributed by atoms with Crippen molar-refractivity contribution in [3.8, 4) is 0 Å². The Hall–Kier alpha value is -2.17. The minimum atomic E-state index is -3.93. The van der Waals surface area contributed by atoms with Crippen LogP contribution in [0.4, 0.5) is 18.9 Å². The number of piperidine rings is 1. The average Bonchev–Trinajstić information content (AvgIpc) is 2.67. The van der Waals surface area contributed by atoms with Crippen LogP contribution in [0.25, 0.3) is 0 Å². The highest BCUT2D eigenvalue weighted by atomic mass is 32.2. The number of rotatable bonds is 4. The number of nitrogens with one attached hydrogen (secondary N) is 1. The Morgan fingerprint density at radius 2 is 2.00 bits per heavy atom. The van der Waals surface area contributed by atoms with Crippen molar-refractivity contribution < 1.29 is 31.5 Å². The monoisotopic (exact) mass is 416 g/mol. The molecule has 3 unspecified atom stereocenters. The number of halogens is 3. The molecule has 10 heteroatoms. The van der Waals surface area contributed by atoms with Gasteiger partial charge in [0.25, 0.3) is 5.91 Å². The molecule has 1 fully saturated rings. The molecule has 3 atom stereocenters. The topological polar surface area (TPSA) is 86.7 Å². The van der Waals surface area contributed by atoms with Gasteiger partial charge in [0.05, 0.1) is 11.4 Å². The molecular formula is C18H19F3N2O4S. The molecule has 0 saturated carbocycles. The number of anilines is 1. The maximum Gasteiger partial charge on any atom is 0.255 e. The van der Waals surface area contributed by atoms with Gasteiger partial charge in [-0.15, -0.1) is 0 Å². The van der Waals surface area contributed by atoms with Crippen molar-refractivity contribution in [1.82, 2.24) is 4.31 Å². The summed E-state index contributed by atoms with van der Waals surface area (Å²) in [4.78, 5) is 12.4. The number of carbonyl (C=O) groups is 1. The van der Waals surface area contributed by atoms with Gasteiger partial charge >= 0.3 is 0 Å². The lowest BCUT2D eigenvalue weighted by Gasteiger charge is -2.33. The first-order chi connectivity index (χ1) is 13.2. The van der Waals surface area contributed by atoms with E-state index in [1.54, 1.807) is 0 Å². The highest BCUT2D eigenvalue weighted by Gasteiger charge is 2.38. The quantitative estimate of drug-likeness (QED) is 0.785. The predicted molar refractivity (Wildman–Crippen MR) is 96.6 cm³/mol. The predicted octanol–water partition coefficient (Wildman–Crippen LogP) is 1.89. The lowest BCUT2D eigenvalue weighted by atomic mass is 10.1. The first kappa shape index (κ1) is 20.6. The zero-order valence-corrected chi connectivity index (χ0v) is 15.5. The Kier molecular flexibility index (Phi) is 5.92. The van der Waals surface area contributed by atoms with Crippen LogP contribution in [0.3, 0.4) is 0 Å². The molecule has 1 aliphatic heterocycles. The molecule has 2 aliphatic rings. The summed E-state index contributed by atoms with van der Waals surface area (Å²) in [5.74, 6) is -2.86. The van der Waals surface area contributed by atoms with E-state index in [4.69, 9.17) is 0 Å². The summed E-state index contributed by atoms with van der Waals surface area (Å²) in [6, 6.07) is 2.86. The van der Waals surface area contributed by atoms with Crippen molar-refractivity contribution >= 4 is 21.6 Å². The number of nitrogens with zero attached hydrogens (tertiary/aromatic N) is 1. The minimum absolute atomic E-state index is 0.00383. The number of hydrogen-bond donors (Lipinski definition) is 2. The lowest BCUT2D eigenvalue weighted by molar-refractivity contribution is -0.112. The van der Waals surface area contributed by atoms with Gasteiger partial charge in [0.1, 0.15) is 6.17 Å². The van der Waals surface area contributed by atoms with E-state index < -0.39 is 51.6 Å². The van der Waals surface area contributed by atoms with E-state index in [0.29, 0.717) is 0 Å². The third-order valence-electron chi connectivity index (χ3n) is 4.68. The third kappa shape index (κ3) is 4.29. The van der Waals surface area contributed by atoms with Crippen LogP contribution in [0.1, 0.15) is 12.8 Å². The van der Waals surface area contributed by atoms with E-state index in [1.165, 1.54) is 24.3 Å². The first-order valence-corrected chi connectivity index (χ1v) is 10.1. The van der Waals surface area contributed by atoms with Crippen molar-refractivity contribution in [2.45, 2.75) is 30.4 Å². The summed E-state index contributed by atoms with van der Waals surface area (Å²) >= 11 is 0. The van der Waals surface area contributed by atoms with Gasteiger partial charge in [0.2, 0.25) is 10.0 Å². The van der Waals surface area contributed by atoms with Gasteiger partial charge in [-0.2, -0.15) is 4.31 Å². The maximum absolute atomic E-state index is 13.7. The Morgan fingerprint density at radius 1 is 1.25 bits per heavy atom. The normalized spacial score (nSPS) is 26.0. The fourth-order valence-electron chi connectivity index (χ4n) is 3.08. The molecule has 1 heterocycles. The van der Waals surface area contributed by atoms with E-state index in [2.05, 4.69) is 5.32 Å². The molecule has 1 aromatic rings. The van der Waals surface area contributed by atoms with Crippen LogP contribution < -0.4 is 5.32 Å². The number of aliphatic hydroxyl groups is 1. The molecule has 152 valence electrons. The molecule has 1 aromatic carbocycles. The first-order valence-electron chi connectivity index (χ1n) is 8.64.